The highest BCUT2D eigenvalue weighted by Crippen LogP contribution is 2.14. The Hall–Kier alpha value is -1.90. The molecule has 0 aliphatic heterocycles. The Kier molecular flexibility index (Phi) is 3.61. The second-order valence-electron chi connectivity index (χ2n) is 2.66. The molecule has 1 amide bonds. The number of hydrogen-bond acceptors (Lipinski definition) is 1. The van der Waals surface area contributed by atoms with E-state index in [4.69, 9.17) is 5.73 Å². The Labute approximate surface area is 81.5 Å². The first-order chi connectivity index (χ1) is 6.74. The fourth-order valence-electron chi connectivity index (χ4n) is 1.08. The van der Waals surface area contributed by atoms with E-state index in [-0.39, 0.29) is 0 Å². The first kappa shape index (κ1) is 10.2. The van der Waals surface area contributed by atoms with Crippen molar-refractivity contribution in [2.24, 2.45) is 5.73 Å². The van der Waals surface area contributed by atoms with Crippen LogP contribution >= 0.6 is 0 Å². The zero-order chi connectivity index (χ0) is 10.4. The van der Waals surface area contributed by atoms with Crippen LogP contribution in [0.2, 0.25) is 0 Å². The van der Waals surface area contributed by atoms with Gasteiger partial charge < -0.3 is 5.73 Å². The van der Waals surface area contributed by atoms with Gasteiger partial charge in [0.15, 0.2) is 0 Å². The lowest BCUT2D eigenvalue weighted by Gasteiger charge is -1.99. The number of halogens is 1. The summed E-state index contributed by atoms with van der Waals surface area (Å²) in [6.45, 7) is 0. The van der Waals surface area contributed by atoms with Gasteiger partial charge in [-0.2, -0.15) is 0 Å². The summed E-state index contributed by atoms with van der Waals surface area (Å²) in [4.78, 5) is 10.6. The van der Waals surface area contributed by atoms with Crippen molar-refractivity contribution in [1.82, 2.24) is 0 Å². The zero-order valence-electron chi connectivity index (χ0n) is 7.48. The molecule has 2 nitrogen and oxygen atoms in total. The van der Waals surface area contributed by atoms with Gasteiger partial charge in [0.25, 0.3) is 0 Å². The summed E-state index contributed by atoms with van der Waals surface area (Å²) in [5, 5.41) is 0. The smallest absolute Gasteiger partial charge is 0.242 e. The summed E-state index contributed by atoms with van der Waals surface area (Å²) in [6.07, 6.45) is 2.76. The molecule has 14 heavy (non-hydrogen) atoms. The molecule has 1 aromatic rings. The first-order valence-electron chi connectivity index (χ1n) is 4.07. The Morgan fingerprint density at radius 1 is 1.29 bits per heavy atom. The molecule has 0 aliphatic rings. The van der Waals surface area contributed by atoms with E-state index < -0.39 is 5.91 Å². The fraction of sp³-hybridized carbons (Fsp3) is 0. The van der Waals surface area contributed by atoms with Crippen LogP contribution in [0.5, 0.6) is 0 Å². The van der Waals surface area contributed by atoms with Crippen molar-refractivity contribution in [2.75, 3.05) is 0 Å². The van der Waals surface area contributed by atoms with Gasteiger partial charge in [-0.3, -0.25) is 4.79 Å². The molecule has 3 heteroatoms. The average Bonchev–Trinajstić information content (AvgIpc) is 2.18. The number of benzene rings is 1. The minimum Gasteiger partial charge on any atom is -0.366 e. The molecule has 1 aromatic carbocycles. The summed E-state index contributed by atoms with van der Waals surface area (Å²) in [5.41, 5.74) is 6.20. The van der Waals surface area contributed by atoms with E-state index >= 15 is 0 Å². The topological polar surface area (TPSA) is 43.1 Å². The standard InChI is InChI=1S/C11H10FNO/c12-7-6-10(8-11(13)14)9-4-2-1-3-5-9/h1-8H,(H2,13,14)/b7-6+,10-8+. The monoisotopic (exact) mass is 191 g/mol. The number of carbonyl (C=O) groups is 1. The van der Waals surface area contributed by atoms with Crippen LogP contribution in [0.3, 0.4) is 0 Å². The van der Waals surface area contributed by atoms with Crippen LogP contribution in [0.4, 0.5) is 4.39 Å². The molecular weight excluding hydrogens is 181 g/mol. The highest BCUT2D eigenvalue weighted by atomic mass is 19.1. The van der Waals surface area contributed by atoms with Crippen LogP contribution in [0, 0.1) is 0 Å². The van der Waals surface area contributed by atoms with Crippen LogP contribution in [-0.2, 0) is 4.79 Å². The zero-order valence-corrected chi connectivity index (χ0v) is 7.48. The van der Waals surface area contributed by atoms with E-state index in [0.29, 0.717) is 11.9 Å². The summed E-state index contributed by atoms with van der Waals surface area (Å²) in [7, 11) is 0. The number of allylic oxidation sites excluding steroid dienone is 2. The largest absolute Gasteiger partial charge is 0.366 e. The molecule has 0 aliphatic carbocycles. The van der Waals surface area contributed by atoms with Gasteiger partial charge in [0.1, 0.15) is 0 Å². The average molecular weight is 191 g/mol. The number of primary amides is 1. The molecule has 1 rings (SSSR count). The van der Waals surface area contributed by atoms with Gasteiger partial charge >= 0.3 is 0 Å². The lowest BCUT2D eigenvalue weighted by atomic mass is 10.1. The lowest BCUT2D eigenvalue weighted by molar-refractivity contribution is -0.113. The summed E-state index contributed by atoms with van der Waals surface area (Å²) >= 11 is 0. The number of hydrogen-bond donors (Lipinski definition) is 1. The molecule has 0 spiro atoms. The Morgan fingerprint density at radius 2 is 1.93 bits per heavy atom. The van der Waals surface area contributed by atoms with Gasteiger partial charge in [0.05, 0.1) is 6.33 Å². The summed E-state index contributed by atoms with van der Waals surface area (Å²) < 4.78 is 12.0. The molecule has 0 radical (unpaired) electrons. The molecule has 0 unspecified atom stereocenters. The molecule has 0 fully saturated rings. The van der Waals surface area contributed by atoms with Gasteiger partial charge in [-0.1, -0.05) is 30.3 Å². The normalized spacial score (nSPS) is 11.9. The maximum atomic E-state index is 12.0. The van der Waals surface area contributed by atoms with Crippen molar-refractivity contribution in [1.29, 1.82) is 0 Å². The molecule has 0 atom stereocenters. The Balaban J connectivity index is 3.07. The van der Waals surface area contributed by atoms with Crippen molar-refractivity contribution in [3.8, 4) is 0 Å². The molecule has 0 saturated heterocycles. The number of nitrogens with two attached hydrogens (primary N) is 1. The van der Waals surface area contributed by atoms with Gasteiger partial charge in [0, 0.05) is 6.08 Å². The van der Waals surface area contributed by atoms with Crippen LogP contribution in [0.1, 0.15) is 5.56 Å². The van der Waals surface area contributed by atoms with E-state index in [2.05, 4.69) is 0 Å². The quantitative estimate of drug-likeness (QED) is 0.576. The third kappa shape index (κ3) is 2.86. The highest BCUT2D eigenvalue weighted by molar-refractivity contribution is 5.96. The SMILES string of the molecule is NC(=O)/C=C(\C=C\F)c1ccccc1. The van der Waals surface area contributed by atoms with E-state index in [1.54, 1.807) is 24.3 Å². The predicted molar refractivity (Wildman–Crippen MR) is 53.9 cm³/mol. The maximum absolute atomic E-state index is 12.0. The second-order valence-corrected chi connectivity index (χ2v) is 2.66. The lowest BCUT2D eigenvalue weighted by Crippen LogP contribution is -2.06. The van der Waals surface area contributed by atoms with E-state index in [9.17, 15) is 9.18 Å². The maximum Gasteiger partial charge on any atom is 0.242 e. The highest BCUT2D eigenvalue weighted by Gasteiger charge is 1.98. The third-order valence-corrected chi connectivity index (χ3v) is 1.65. The minimum atomic E-state index is -0.595. The van der Waals surface area contributed by atoms with E-state index in [0.717, 1.165) is 5.56 Å². The van der Waals surface area contributed by atoms with E-state index in [1.165, 1.54) is 12.2 Å². The molecule has 0 saturated carbocycles. The van der Waals surface area contributed by atoms with Crippen molar-refractivity contribution in [3.05, 3.63) is 54.4 Å². The number of rotatable bonds is 3. The summed E-state index contributed by atoms with van der Waals surface area (Å²) in [6, 6.07) is 8.99. The molecule has 0 aromatic heterocycles. The second kappa shape index (κ2) is 4.97. The molecule has 72 valence electrons. The number of carbonyl (C=O) groups excluding carboxylic acids is 1. The first-order valence-corrected chi connectivity index (χ1v) is 4.07. The van der Waals surface area contributed by atoms with E-state index in [1.807, 2.05) is 6.07 Å². The molecular formula is C11H10FNO. The molecule has 0 bridgehead atoms. The van der Waals surface area contributed by atoms with Crippen LogP contribution in [0.15, 0.2) is 48.8 Å². The Morgan fingerprint density at radius 3 is 2.43 bits per heavy atom. The van der Waals surface area contributed by atoms with Gasteiger partial charge in [0.2, 0.25) is 5.91 Å². The predicted octanol–water partition coefficient (Wildman–Crippen LogP) is 2.04. The van der Waals surface area contributed by atoms with Crippen molar-refractivity contribution in [3.63, 3.8) is 0 Å². The van der Waals surface area contributed by atoms with Gasteiger partial charge in [-0.05, 0) is 17.2 Å². The fourth-order valence-corrected chi connectivity index (χ4v) is 1.08. The van der Waals surface area contributed by atoms with Crippen molar-refractivity contribution >= 4 is 11.5 Å². The Bertz CT molecular complexity index is 368. The van der Waals surface area contributed by atoms with Crippen molar-refractivity contribution < 1.29 is 9.18 Å². The third-order valence-electron chi connectivity index (χ3n) is 1.65. The van der Waals surface area contributed by atoms with Gasteiger partial charge in [-0.25, -0.2) is 4.39 Å². The van der Waals surface area contributed by atoms with Crippen LogP contribution in [-0.4, -0.2) is 5.91 Å². The van der Waals surface area contributed by atoms with Gasteiger partial charge in [-0.15, -0.1) is 0 Å². The molecule has 0 heterocycles. The molecule has 2 N–H and O–H groups in total. The minimum absolute atomic E-state index is 0.377. The van der Waals surface area contributed by atoms with Crippen molar-refractivity contribution in [2.45, 2.75) is 0 Å². The van der Waals surface area contributed by atoms with Crippen LogP contribution in [0.25, 0.3) is 5.57 Å². The van der Waals surface area contributed by atoms with Crippen LogP contribution < -0.4 is 5.73 Å². The summed E-state index contributed by atoms with van der Waals surface area (Å²) in [5.74, 6) is -0.595. The number of amides is 1.